The number of thiazole rings is 1. The molecule has 0 bridgehead atoms. The van der Waals surface area contributed by atoms with Crippen LogP contribution in [-0.4, -0.2) is 10.9 Å². The first-order valence-electron chi connectivity index (χ1n) is 5.55. The Labute approximate surface area is 105 Å². The zero-order valence-corrected chi connectivity index (χ0v) is 11.3. The lowest BCUT2D eigenvalue weighted by Gasteiger charge is -2.17. The van der Waals surface area contributed by atoms with Crippen molar-refractivity contribution >= 4 is 33.1 Å². The second-order valence-corrected chi connectivity index (χ2v) is 6.35. The number of carbonyl (C=O) groups is 1. The van der Waals surface area contributed by atoms with E-state index in [1.54, 1.807) is 11.3 Å². The standard InChI is InChI=1S/C13H16N2OS/c1-8-14-10-6-5-9(7-11(10)17-8)15-12(16)13(2,3)4/h5-7H,1-4H3,(H,15,16). The van der Waals surface area contributed by atoms with Crippen molar-refractivity contribution in [3.8, 4) is 0 Å². The number of aromatic nitrogens is 1. The van der Waals surface area contributed by atoms with E-state index in [0.29, 0.717) is 0 Å². The largest absolute Gasteiger partial charge is 0.326 e. The third-order valence-electron chi connectivity index (χ3n) is 2.43. The van der Waals surface area contributed by atoms with E-state index in [2.05, 4.69) is 10.3 Å². The minimum Gasteiger partial charge on any atom is -0.326 e. The van der Waals surface area contributed by atoms with Gasteiger partial charge in [-0.1, -0.05) is 20.8 Å². The van der Waals surface area contributed by atoms with Crippen molar-refractivity contribution in [1.29, 1.82) is 0 Å². The van der Waals surface area contributed by atoms with Gasteiger partial charge in [0.05, 0.1) is 15.2 Å². The highest BCUT2D eigenvalue weighted by molar-refractivity contribution is 7.18. The molecule has 2 rings (SSSR count). The van der Waals surface area contributed by atoms with E-state index in [1.807, 2.05) is 45.9 Å². The highest BCUT2D eigenvalue weighted by Crippen LogP contribution is 2.25. The molecule has 0 radical (unpaired) electrons. The van der Waals surface area contributed by atoms with Gasteiger partial charge in [-0.3, -0.25) is 4.79 Å². The Morgan fingerprint density at radius 3 is 2.71 bits per heavy atom. The van der Waals surface area contributed by atoms with Gasteiger partial charge >= 0.3 is 0 Å². The molecule has 0 unspecified atom stereocenters. The lowest BCUT2D eigenvalue weighted by molar-refractivity contribution is -0.123. The summed E-state index contributed by atoms with van der Waals surface area (Å²) in [7, 11) is 0. The number of amides is 1. The fraction of sp³-hybridized carbons (Fsp3) is 0.385. The Kier molecular flexibility index (Phi) is 2.91. The summed E-state index contributed by atoms with van der Waals surface area (Å²) in [5, 5.41) is 3.96. The van der Waals surface area contributed by atoms with Crippen molar-refractivity contribution < 1.29 is 4.79 Å². The van der Waals surface area contributed by atoms with Gasteiger partial charge in [0.1, 0.15) is 0 Å². The maximum Gasteiger partial charge on any atom is 0.229 e. The number of nitrogens with zero attached hydrogens (tertiary/aromatic N) is 1. The zero-order valence-electron chi connectivity index (χ0n) is 10.5. The van der Waals surface area contributed by atoms with Crippen LogP contribution in [0.2, 0.25) is 0 Å². The molecule has 1 heterocycles. The molecule has 1 aromatic heterocycles. The number of anilines is 1. The molecule has 3 nitrogen and oxygen atoms in total. The summed E-state index contributed by atoms with van der Waals surface area (Å²) in [6.45, 7) is 7.69. The smallest absolute Gasteiger partial charge is 0.229 e. The van der Waals surface area contributed by atoms with E-state index in [0.717, 1.165) is 20.9 Å². The van der Waals surface area contributed by atoms with E-state index in [9.17, 15) is 4.79 Å². The Balaban J connectivity index is 2.28. The first kappa shape index (κ1) is 12.0. The normalized spacial score (nSPS) is 11.8. The maximum atomic E-state index is 11.9. The quantitative estimate of drug-likeness (QED) is 0.838. The molecule has 0 aliphatic heterocycles. The first-order chi connectivity index (χ1) is 7.86. The number of benzene rings is 1. The highest BCUT2D eigenvalue weighted by Gasteiger charge is 2.21. The van der Waals surface area contributed by atoms with E-state index >= 15 is 0 Å². The average Bonchev–Trinajstić information content (AvgIpc) is 2.55. The van der Waals surface area contributed by atoms with Crippen LogP contribution in [0.1, 0.15) is 25.8 Å². The SMILES string of the molecule is Cc1nc2ccc(NC(=O)C(C)(C)C)cc2s1. The van der Waals surface area contributed by atoms with Crippen LogP contribution < -0.4 is 5.32 Å². The molecular formula is C13H16N2OS. The molecule has 0 atom stereocenters. The highest BCUT2D eigenvalue weighted by atomic mass is 32.1. The van der Waals surface area contributed by atoms with Gasteiger partial charge in [-0.15, -0.1) is 11.3 Å². The summed E-state index contributed by atoms with van der Waals surface area (Å²) in [5.41, 5.74) is 1.45. The second kappa shape index (κ2) is 4.11. The van der Waals surface area contributed by atoms with Crippen LogP contribution in [0, 0.1) is 12.3 Å². The summed E-state index contributed by atoms with van der Waals surface area (Å²) >= 11 is 1.64. The molecule has 4 heteroatoms. The fourth-order valence-electron chi connectivity index (χ4n) is 1.44. The molecule has 0 aliphatic rings. The van der Waals surface area contributed by atoms with Crippen LogP contribution in [-0.2, 0) is 4.79 Å². The molecule has 0 spiro atoms. The Morgan fingerprint density at radius 2 is 2.06 bits per heavy atom. The predicted octanol–water partition coefficient (Wildman–Crippen LogP) is 3.59. The number of fused-ring (bicyclic) bond motifs is 1. The molecule has 2 aromatic rings. The minimum absolute atomic E-state index is 0.0260. The molecule has 0 saturated heterocycles. The van der Waals surface area contributed by atoms with Gasteiger partial charge in [0, 0.05) is 11.1 Å². The van der Waals surface area contributed by atoms with Gasteiger partial charge in [0.15, 0.2) is 0 Å². The van der Waals surface area contributed by atoms with Crippen molar-refractivity contribution in [2.24, 2.45) is 5.41 Å². The van der Waals surface area contributed by atoms with Gasteiger partial charge in [-0.2, -0.15) is 0 Å². The molecule has 90 valence electrons. The number of hydrogen-bond donors (Lipinski definition) is 1. The van der Waals surface area contributed by atoms with Crippen LogP contribution >= 0.6 is 11.3 Å². The third kappa shape index (κ3) is 2.64. The molecule has 0 aliphatic carbocycles. The lowest BCUT2D eigenvalue weighted by Crippen LogP contribution is -2.27. The van der Waals surface area contributed by atoms with Crippen molar-refractivity contribution in [3.63, 3.8) is 0 Å². The Hall–Kier alpha value is -1.42. The maximum absolute atomic E-state index is 11.9. The van der Waals surface area contributed by atoms with Crippen LogP contribution in [0.15, 0.2) is 18.2 Å². The van der Waals surface area contributed by atoms with Crippen molar-refractivity contribution in [2.75, 3.05) is 5.32 Å². The number of nitrogens with one attached hydrogen (secondary N) is 1. The summed E-state index contributed by atoms with van der Waals surface area (Å²) in [5.74, 6) is 0.0260. The monoisotopic (exact) mass is 248 g/mol. The van der Waals surface area contributed by atoms with E-state index < -0.39 is 0 Å². The predicted molar refractivity (Wildman–Crippen MR) is 72.4 cm³/mol. The number of aryl methyl sites for hydroxylation is 1. The number of rotatable bonds is 1. The number of hydrogen-bond acceptors (Lipinski definition) is 3. The lowest BCUT2D eigenvalue weighted by atomic mass is 9.95. The van der Waals surface area contributed by atoms with Gasteiger partial charge in [-0.25, -0.2) is 4.98 Å². The minimum atomic E-state index is -0.376. The van der Waals surface area contributed by atoms with Crippen LogP contribution in [0.5, 0.6) is 0 Å². The molecule has 0 saturated carbocycles. The van der Waals surface area contributed by atoms with E-state index in [-0.39, 0.29) is 11.3 Å². The molecule has 0 fully saturated rings. The summed E-state index contributed by atoms with van der Waals surface area (Å²) in [6.07, 6.45) is 0. The van der Waals surface area contributed by atoms with Gasteiger partial charge < -0.3 is 5.32 Å². The average molecular weight is 248 g/mol. The zero-order chi connectivity index (χ0) is 12.6. The second-order valence-electron chi connectivity index (χ2n) is 5.12. The van der Waals surface area contributed by atoms with Gasteiger partial charge in [-0.05, 0) is 25.1 Å². The van der Waals surface area contributed by atoms with E-state index in [4.69, 9.17) is 0 Å². The number of carbonyl (C=O) groups excluding carboxylic acids is 1. The summed E-state index contributed by atoms with van der Waals surface area (Å²) in [4.78, 5) is 16.2. The summed E-state index contributed by atoms with van der Waals surface area (Å²) < 4.78 is 1.11. The molecule has 1 amide bonds. The molecule has 1 aromatic carbocycles. The van der Waals surface area contributed by atoms with Gasteiger partial charge in [0.25, 0.3) is 0 Å². The van der Waals surface area contributed by atoms with Crippen LogP contribution in [0.25, 0.3) is 10.2 Å². The Bertz CT molecular complexity index is 566. The van der Waals surface area contributed by atoms with Gasteiger partial charge in [0.2, 0.25) is 5.91 Å². The fourth-order valence-corrected chi connectivity index (χ4v) is 2.30. The van der Waals surface area contributed by atoms with Crippen molar-refractivity contribution in [3.05, 3.63) is 23.2 Å². The van der Waals surface area contributed by atoms with E-state index in [1.165, 1.54) is 0 Å². The first-order valence-corrected chi connectivity index (χ1v) is 6.36. The molecule has 17 heavy (non-hydrogen) atoms. The van der Waals surface area contributed by atoms with Crippen LogP contribution in [0.4, 0.5) is 5.69 Å². The third-order valence-corrected chi connectivity index (χ3v) is 3.37. The topological polar surface area (TPSA) is 42.0 Å². The molecular weight excluding hydrogens is 232 g/mol. The summed E-state index contributed by atoms with van der Waals surface area (Å²) in [6, 6.07) is 5.81. The van der Waals surface area contributed by atoms with Crippen molar-refractivity contribution in [2.45, 2.75) is 27.7 Å². The molecule has 1 N–H and O–H groups in total. The van der Waals surface area contributed by atoms with Crippen LogP contribution in [0.3, 0.4) is 0 Å². The Morgan fingerprint density at radius 1 is 1.35 bits per heavy atom. The van der Waals surface area contributed by atoms with Crippen molar-refractivity contribution in [1.82, 2.24) is 4.98 Å².